The molecule has 4 heteroatoms. The van der Waals surface area contributed by atoms with Gasteiger partial charge >= 0.3 is 0 Å². The van der Waals surface area contributed by atoms with E-state index in [4.69, 9.17) is 0 Å². The van der Waals surface area contributed by atoms with Gasteiger partial charge in [0, 0.05) is 37.2 Å². The van der Waals surface area contributed by atoms with E-state index in [9.17, 15) is 0 Å². The standard InChI is InChI=1S/C16H21N3S/c1-18(11-15-12-20-13-17-15)9-14-7-8-19(10-14)16-5-3-2-4-6-16/h2-6,12-14H,7-11H2,1H3/t14-/m1/s1. The maximum atomic E-state index is 4.36. The van der Waals surface area contributed by atoms with E-state index in [1.165, 1.54) is 30.9 Å². The van der Waals surface area contributed by atoms with Gasteiger partial charge < -0.3 is 9.80 Å². The van der Waals surface area contributed by atoms with Crippen molar-refractivity contribution in [1.29, 1.82) is 0 Å². The molecule has 1 atom stereocenters. The summed E-state index contributed by atoms with van der Waals surface area (Å²) in [5, 5.41) is 2.14. The van der Waals surface area contributed by atoms with Crippen LogP contribution >= 0.6 is 11.3 Å². The molecule has 3 rings (SSSR count). The Morgan fingerprint density at radius 1 is 1.35 bits per heavy atom. The number of hydrogen-bond acceptors (Lipinski definition) is 4. The fourth-order valence-electron chi connectivity index (χ4n) is 2.95. The molecule has 0 N–H and O–H groups in total. The topological polar surface area (TPSA) is 19.4 Å². The average molecular weight is 287 g/mol. The van der Waals surface area contributed by atoms with Crippen molar-refractivity contribution in [3.05, 3.63) is 46.9 Å². The highest BCUT2D eigenvalue weighted by Crippen LogP contribution is 2.24. The molecular weight excluding hydrogens is 266 g/mol. The Hall–Kier alpha value is -1.39. The molecule has 20 heavy (non-hydrogen) atoms. The van der Waals surface area contributed by atoms with Crippen LogP contribution in [0.2, 0.25) is 0 Å². The van der Waals surface area contributed by atoms with E-state index in [1.807, 2.05) is 5.51 Å². The Labute approximate surface area is 124 Å². The van der Waals surface area contributed by atoms with Crippen molar-refractivity contribution in [2.75, 3.05) is 31.6 Å². The van der Waals surface area contributed by atoms with Crippen LogP contribution in [0.3, 0.4) is 0 Å². The molecule has 0 unspecified atom stereocenters. The molecule has 1 aromatic heterocycles. The molecule has 0 bridgehead atoms. The van der Waals surface area contributed by atoms with E-state index < -0.39 is 0 Å². The van der Waals surface area contributed by atoms with Gasteiger partial charge in [0.25, 0.3) is 0 Å². The highest BCUT2D eigenvalue weighted by molar-refractivity contribution is 7.07. The smallest absolute Gasteiger partial charge is 0.0795 e. The SMILES string of the molecule is CN(Cc1cscn1)C[C@H]1CCN(c2ccccc2)C1. The molecule has 106 valence electrons. The van der Waals surface area contributed by atoms with Gasteiger partial charge in [-0.15, -0.1) is 11.3 Å². The Bertz CT molecular complexity index is 512. The van der Waals surface area contributed by atoms with Crippen molar-refractivity contribution in [1.82, 2.24) is 9.88 Å². The number of thiazole rings is 1. The summed E-state index contributed by atoms with van der Waals surface area (Å²) in [5.74, 6) is 0.763. The number of para-hydroxylation sites is 1. The maximum absolute atomic E-state index is 4.36. The van der Waals surface area contributed by atoms with Crippen molar-refractivity contribution in [3.63, 3.8) is 0 Å². The second kappa shape index (κ2) is 6.37. The minimum absolute atomic E-state index is 0.763. The maximum Gasteiger partial charge on any atom is 0.0795 e. The van der Waals surface area contributed by atoms with Crippen molar-refractivity contribution in [3.8, 4) is 0 Å². The summed E-state index contributed by atoms with van der Waals surface area (Å²) in [6.07, 6.45) is 1.29. The average Bonchev–Trinajstić information content (AvgIpc) is 3.11. The van der Waals surface area contributed by atoms with Gasteiger partial charge in [-0.2, -0.15) is 0 Å². The molecule has 0 radical (unpaired) electrons. The number of nitrogens with zero attached hydrogens (tertiary/aromatic N) is 3. The molecule has 1 aromatic carbocycles. The molecule has 1 fully saturated rings. The second-order valence-corrected chi connectivity index (χ2v) is 6.33. The van der Waals surface area contributed by atoms with Crippen LogP contribution in [0.5, 0.6) is 0 Å². The second-order valence-electron chi connectivity index (χ2n) is 5.61. The highest BCUT2D eigenvalue weighted by Gasteiger charge is 2.23. The first-order valence-corrected chi connectivity index (χ1v) is 8.11. The van der Waals surface area contributed by atoms with Crippen LogP contribution in [0, 0.1) is 5.92 Å². The minimum atomic E-state index is 0.763. The predicted molar refractivity (Wildman–Crippen MR) is 85.2 cm³/mol. The lowest BCUT2D eigenvalue weighted by molar-refractivity contribution is 0.277. The van der Waals surface area contributed by atoms with E-state index in [2.05, 4.69) is 57.5 Å². The van der Waals surface area contributed by atoms with Gasteiger partial charge in [0.15, 0.2) is 0 Å². The first-order chi connectivity index (χ1) is 9.81. The van der Waals surface area contributed by atoms with Crippen molar-refractivity contribution >= 4 is 17.0 Å². The molecule has 3 nitrogen and oxygen atoms in total. The lowest BCUT2D eigenvalue weighted by atomic mass is 10.1. The summed E-state index contributed by atoms with van der Waals surface area (Å²) in [7, 11) is 2.20. The molecule has 2 aromatic rings. The Morgan fingerprint density at radius 3 is 2.95 bits per heavy atom. The van der Waals surface area contributed by atoms with Gasteiger partial charge in [-0.3, -0.25) is 0 Å². The molecule has 0 saturated carbocycles. The zero-order chi connectivity index (χ0) is 13.8. The zero-order valence-corrected chi connectivity index (χ0v) is 12.7. The summed E-state index contributed by atoms with van der Waals surface area (Å²) >= 11 is 1.68. The summed E-state index contributed by atoms with van der Waals surface area (Å²) in [6.45, 7) is 4.47. The monoisotopic (exact) mass is 287 g/mol. The van der Waals surface area contributed by atoms with Crippen LogP contribution in [0.15, 0.2) is 41.2 Å². The molecule has 0 spiro atoms. The summed E-state index contributed by atoms with van der Waals surface area (Å²) in [6, 6.07) is 10.7. The largest absolute Gasteiger partial charge is 0.371 e. The van der Waals surface area contributed by atoms with Gasteiger partial charge in [-0.25, -0.2) is 4.98 Å². The molecule has 0 amide bonds. The molecule has 2 heterocycles. The third-order valence-electron chi connectivity index (χ3n) is 3.89. The Morgan fingerprint density at radius 2 is 2.20 bits per heavy atom. The molecular formula is C16H21N3S. The molecule has 1 aliphatic rings. The Balaban J connectivity index is 1.50. The molecule has 0 aliphatic carbocycles. The Kier molecular flexibility index (Phi) is 4.33. The van der Waals surface area contributed by atoms with Crippen molar-refractivity contribution < 1.29 is 0 Å². The number of rotatable bonds is 5. The third kappa shape index (κ3) is 3.38. The minimum Gasteiger partial charge on any atom is -0.371 e. The van der Waals surface area contributed by atoms with Gasteiger partial charge in [0.2, 0.25) is 0 Å². The van der Waals surface area contributed by atoms with Gasteiger partial charge in [-0.05, 0) is 31.5 Å². The fourth-order valence-corrected chi connectivity index (χ4v) is 3.50. The van der Waals surface area contributed by atoms with Crippen LogP contribution < -0.4 is 4.90 Å². The van der Waals surface area contributed by atoms with E-state index >= 15 is 0 Å². The van der Waals surface area contributed by atoms with Crippen LogP contribution in [0.1, 0.15) is 12.1 Å². The third-order valence-corrected chi connectivity index (χ3v) is 4.53. The first kappa shape index (κ1) is 13.6. The van der Waals surface area contributed by atoms with Crippen molar-refractivity contribution in [2.45, 2.75) is 13.0 Å². The van der Waals surface area contributed by atoms with Crippen LogP contribution in [-0.2, 0) is 6.54 Å². The van der Waals surface area contributed by atoms with Crippen molar-refractivity contribution in [2.24, 2.45) is 5.92 Å². The number of aromatic nitrogens is 1. The summed E-state index contributed by atoms with van der Waals surface area (Å²) < 4.78 is 0. The fraction of sp³-hybridized carbons (Fsp3) is 0.438. The van der Waals surface area contributed by atoms with Crippen LogP contribution in [-0.4, -0.2) is 36.6 Å². The van der Waals surface area contributed by atoms with Crippen LogP contribution in [0.25, 0.3) is 0 Å². The van der Waals surface area contributed by atoms with Gasteiger partial charge in [0.1, 0.15) is 0 Å². The quantitative estimate of drug-likeness (QED) is 0.842. The predicted octanol–water partition coefficient (Wildman–Crippen LogP) is 3.10. The van der Waals surface area contributed by atoms with E-state index in [1.54, 1.807) is 11.3 Å². The lowest BCUT2D eigenvalue weighted by Crippen LogP contribution is -2.28. The zero-order valence-electron chi connectivity index (χ0n) is 11.9. The highest BCUT2D eigenvalue weighted by atomic mass is 32.1. The molecule has 1 aliphatic heterocycles. The summed E-state index contributed by atoms with van der Waals surface area (Å²) in [4.78, 5) is 9.26. The van der Waals surface area contributed by atoms with Gasteiger partial charge in [-0.1, -0.05) is 18.2 Å². The lowest BCUT2D eigenvalue weighted by Gasteiger charge is -2.22. The number of hydrogen-bond donors (Lipinski definition) is 0. The van der Waals surface area contributed by atoms with E-state index in [0.29, 0.717) is 0 Å². The summed E-state index contributed by atoms with van der Waals surface area (Å²) in [5.41, 5.74) is 4.46. The van der Waals surface area contributed by atoms with E-state index in [-0.39, 0.29) is 0 Å². The van der Waals surface area contributed by atoms with Gasteiger partial charge in [0.05, 0.1) is 11.2 Å². The first-order valence-electron chi connectivity index (χ1n) is 7.17. The number of benzene rings is 1. The van der Waals surface area contributed by atoms with Crippen LogP contribution in [0.4, 0.5) is 5.69 Å². The normalized spacial score (nSPS) is 18.9. The molecule has 1 saturated heterocycles. The number of anilines is 1. The van der Waals surface area contributed by atoms with E-state index in [0.717, 1.165) is 19.0 Å².